The first-order chi connectivity index (χ1) is 8.75. The van der Waals surface area contributed by atoms with E-state index in [9.17, 15) is 0 Å². The van der Waals surface area contributed by atoms with E-state index >= 15 is 0 Å². The van der Waals surface area contributed by atoms with Gasteiger partial charge in [-0.25, -0.2) is 0 Å². The summed E-state index contributed by atoms with van der Waals surface area (Å²) in [4.78, 5) is 0. The van der Waals surface area contributed by atoms with Crippen LogP contribution in [0.5, 0.6) is 0 Å². The summed E-state index contributed by atoms with van der Waals surface area (Å²) >= 11 is 6.26. The predicted octanol–water partition coefficient (Wildman–Crippen LogP) is 2.77. The van der Waals surface area contributed by atoms with Crippen LogP contribution in [0.1, 0.15) is 18.4 Å². The number of piperidine rings is 1. The molecule has 0 spiro atoms. The van der Waals surface area contributed by atoms with Crippen molar-refractivity contribution in [3.63, 3.8) is 0 Å². The number of rotatable bonds is 2. The summed E-state index contributed by atoms with van der Waals surface area (Å²) < 4.78 is 1.86. The molecule has 3 nitrogen and oxygen atoms in total. The molecule has 0 atom stereocenters. The maximum atomic E-state index is 6.26. The Bertz CT molecular complexity index is 555. The van der Waals surface area contributed by atoms with Crippen molar-refractivity contribution in [2.24, 2.45) is 13.0 Å². The van der Waals surface area contributed by atoms with Crippen LogP contribution in [0.2, 0.25) is 5.15 Å². The van der Waals surface area contributed by atoms with Gasteiger partial charge in [0.25, 0.3) is 0 Å². The minimum absolute atomic E-state index is 0.636. The topological polar surface area (TPSA) is 29.9 Å². The third-order valence-corrected chi connectivity index (χ3v) is 4.15. The number of aromatic nitrogens is 2. The van der Waals surface area contributed by atoms with E-state index in [4.69, 9.17) is 11.6 Å². The molecule has 1 fully saturated rings. The number of halogens is 1. The molecule has 0 aliphatic carbocycles. The van der Waals surface area contributed by atoms with E-state index in [2.05, 4.69) is 28.6 Å². The molecule has 1 saturated heterocycles. The Morgan fingerprint density at radius 3 is 2.94 bits per heavy atom. The summed E-state index contributed by atoms with van der Waals surface area (Å²) in [5, 5.41) is 9.50. The Morgan fingerprint density at radius 1 is 1.39 bits per heavy atom. The average molecular weight is 264 g/mol. The van der Waals surface area contributed by atoms with Crippen LogP contribution in [0, 0.1) is 5.92 Å². The van der Waals surface area contributed by atoms with Crippen LogP contribution in [0.4, 0.5) is 0 Å². The summed E-state index contributed by atoms with van der Waals surface area (Å²) in [5.74, 6) is 0.771. The van der Waals surface area contributed by atoms with Gasteiger partial charge < -0.3 is 5.32 Å². The van der Waals surface area contributed by atoms with Crippen LogP contribution in [-0.2, 0) is 13.5 Å². The van der Waals surface area contributed by atoms with Crippen molar-refractivity contribution >= 4 is 22.5 Å². The van der Waals surface area contributed by atoms with Crippen molar-refractivity contribution in [1.82, 2.24) is 15.1 Å². The highest BCUT2D eigenvalue weighted by atomic mass is 35.5. The molecule has 4 heteroatoms. The molecular formula is C14H18ClN3. The maximum absolute atomic E-state index is 6.26. The molecule has 0 saturated carbocycles. The van der Waals surface area contributed by atoms with Crippen molar-refractivity contribution in [3.8, 4) is 0 Å². The molecule has 1 aliphatic rings. The van der Waals surface area contributed by atoms with Gasteiger partial charge in [0.2, 0.25) is 0 Å². The zero-order chi connectivity index (χ0) is 12.5. The highest BCUT2D eigenvalue weighted by Crippen LogP contribution is 2.29. The highest BCUT2D eigenvalue weighted by Gasteiger charge is 2.17. The van der Waals surface area contributed by atoms with Crippen molar-refractivity contribution in [2.45, 2.75) is 19.3 Å². The number of nitrogens with zero attached hydrogens (tertiary/aromatic N) is 2. The van der Waals surface area contributed by atoms with E-state index in [1.54, 1.807) is 0 Å². The van der Waals surface area contributed by atoms with Gasteiger partial charge in [-0.15, -0.1) is 0 Å². The van der Waals surface area contributed by atoms with E-state index < -0.39 is 0 Å². The van der Waals surface area contributed by atoms with E-state index in [1.807, 2.05) is 11.7 Å². The molecule has 1 aromatic heterocycles. The molecule has 96 valence electrons. The Morgan fingerprint density at radius 2 is 2.17 bits per heavy atom. The van der Waals surface area contributed by atoms with Gasteiger partial charge in [0.15, 0.2) is 5.15 Å². The third-order valence-electron chi connectivity index (χ3n) is 3.89. The molecule has 1 aliphatic heterocycles. The number of nitrogens with one attached hydrogen (secondary N) is 1. The van der Waals surface area contributed by atoms with E-state index in [0.29, 0.717) is 5.15 Å². The Labute approximate surface area is 112 Å². The summed E-state index contributed by atoms with van der Waals surface area (Å²) in [6, 6.07) is 6.38. The second kappa shape index (κ2) is 4.90. The lowest BCUT2D eigenvalue weighted by molar-refractivity contribution is 0.373. The standard InChI is InChI=1S/C14H18ClN3/c1-18-12-4-2-3-11(13(12)14(15)17-18)9-10-5-7-16-8-6-10/h2-4,10,16H,5-9H2,1H3. The smallest absolute Gasteiger partial charge is 0.159 e. The van der Waals surface area contributed by atoms with Crippen LogP contribution in [-0.4, -0.2) is 22.9 Å². The van der Waals surface area contributed by atoms with Gasteiger partial charge >= 0.3 is 0 Å². The van der Waals surface area contributed by atoms with Gasteiger partial charge in [-0.3, -0.25) is 4.68 Å². The highest BCUT2D eigenvalue weighted by molar-refractivity contribution is 6.34. The normalized spacial score (nSPS) is 17.4. The maximum Gasteiger partial charge on any atom is 0.159 e. The lowest BCUT2D eigenvalue weighted by Gasteiger charge is -2.22. The van der Waals surface area contributed by atoms with Crippen LogP contribution in [0.3, 0.4) is 0 Å². The summed E-state index contributed by atoms with van der Waals surface area (Å²) in [6.07, 6.45) is 3.63. The fraction of sp³-hybridized carbons (Fsp3) is 0.500. The molecule has 0 radical (unpaired) electrons. The predicted molar refractivity (Wildman–Crippen MR) is 75.0 cm³/mol. The van der Waals surface area contributed by atoms with Crippen molar-refractivity contribution in [2.75, 3.05) is 13.1 Å². The Kier molecular flexibility index (Phi) is 3.27. The first kappa shape index (κ1) is 12.0. The SMILES string of the molecule is Cn1nc(Cl)c2c(CC3CCNCC3)cccc21. The molecule has 3 rings (SSSR count). The molecule has 0 unspecified atom stereocenters. The molecule has 18 heavy (non-hydrogen) atoms. The van der Waals surface area contributed by atoms with Gasteiger partial charge in [0, 0.05) is 12.4 Å². The number of hydrogen-bond acceptors (Lipinski definition) is 2. The van der Waals surface area contributed by atoms with Gasteiger partial charge in [-0.1, -0.05) is 23.7 Å². The minimum atomic E-state index is 0.636. The third kappa shape index (κ3) is 2.13. The summed E-state index contributed by atoms with van der Waals surface area (Å²) in [6.45, 7) is 2.28. The average Bonchev–Trinajstić information content (AvgIpc) is 2.67. The lowest BCUT2D eigenvalue weighted by atomic mass is 9.90. The zero-order valence-corrected chi connectivity index (χ0v) is 11.4. The quantitative estimate of drug-likeness (QED) is 0.903. The lowest BCUT2D eigenvalue weighted by Crippen LogP contribution is -2.28. The molecule has 0 amide bonds. The first-order valence-electron chi connectivity index (χ1n) is 6.56. The molecule has 1 aromatic carbocycles. The van der Waals surface area contributed by atoms with Crippen LogP contribution < -0.4 is 5.32 Å². The summed E-state index contributed by atoms with van der Waals surface area (Å²) in [7, 11) is 1.95. The van der Waals surface area contributed by atoms with Gasteiger partial charge in [-0.05, 0) is 49.9 Å². The van der Waals surface area contributed by atoms with Crippen molar-refractivity contribution < 1.29 is 0 Å². The molecule has 2 heterocycles. The van der Waals surface area contributed by atoms with E-state index in [0.717, 1.165) is 36.3 Å². The van der Waals surface area contributed by atoms with Gasteiger partial charge in [-0.2, -0.15) is 5.10 Å². The van der Waals surface area contributed by atoms with E-state index in [1.165, 1.54) is 18.4 Å². The molecule has 0 bridgehead atoms. The minimum Gasteiger partial charge on any atom is -0.317 e. The van der Waals surface area contributed by atoms with Crippen LogP contribution in [0.15, 0.2) is 18.2 Å². The fourth-order valence-corrected chi connectivity index (χ4v) is 3.23. The largest absolute Gasteiger partial charge is 0.317 e. The Hall–Kier alpha value is -1.06. The number of benzene rings is 1. The fourth-order valence-electron chi connectivity index (χ4n) is 2.90. The molecule has 1 N–H and O–H groups in total. The number of hydrogen-bond donors (Lipinski definition) is 1. The second-order valence-electron chi connectivity index (χ2n) is 5.12. The van der Waals surface area contributed by atoms with Crippen LogP contribution >= 0.6 is 11.6 Å². The second-order valence-corrected chi connectivity index (χ2v) is 5.48. The Balaban J connectivity index is 1.95. The zero-order valence-electron chi connectivity index (χ0n) is 10.6. The molecular weight excluding hydrogens is 246 g/mol. The monoisotopic (exact) mass is 263 g/mol. The van der Waals surface area contributed by atoms with Crippen molar-refractivity contribution in [1.29, 1.82) is 0 Å². The molecule has 2 aromatic rings. The van der Waals surface area contributed by atoms with Gasteiger partial charge in [0.05, 0.1) is 5.52 Å². The number of aryl methyl sites for hydroxylation is 1. The first-order valence-corrected chi connectivity index (χ1v) is 6.94. The van der Waals surface area contributed by atoms with Crippen LogP contribution in [0.25, 0.3) is 10.9 Å². The summed E-state index contributed by atoms with van der Waals surface area (Å²) in [5.41, 5.74) is 2.48. The van der Waals surface area contributed by atoms with E-state index in [-0.39, 0.29) is 0 Å². The number of fused-ring (bicyclic) bond motifs is 1. The van der Waals surface area contributed by atoms with Crippen molar-refractivity contribution in [3.05, 3.63) is 28.9 Å². The van der Waals surface area contributed by atoms with Gasteiger partial charge in [0.1, 0.15) is 0 Å².